The first-order chi connectivity index (χ1) is 16.8. The Bertz CT molecular complexity index is 1100. The number of ether oxygens (including phenoxy) is 3. The maximum atomic E-state index is 12.3. The molecular formula is C22H23BrCl2N4O6. The molecule has 0 aliphatic rings. The lowest BCUT2D eigenvalue weighted by molar-refractivity contribution is -0.139. The van der Waals surface area contributed by atoms with Crippen molar-refractivity contribution < 1.29 is 28.6 Å². The van der Waals surface area contributed by atoms with Gasteiger partial charge in [-0.15, -0.1) is 0 Å². The van der Waals surface area contributed by atoms with Crippen molar-refractivity contribution in [1.29, 1.82) is 0 Å². The molecule has 3 amide bonds. The van der Waals surface area contributed by atoms with Gasteiger partial charge in [0.2, 0.25) is 0 Å². The van der Waals surface area contributed by atoms with Crippen LogP contribution in [0, 0.1) is 0 Å². The van der Waals surface area contributed by atoms with E-state index in [2.05, 4.69) is 37.1 Å². The Morgan fingerprint density at radius 1 is 1.14 bits per heavy atom. The first kappa shape index (κ1) is 28.4. The molecule has 2 rings (SSSR count). The van der Waals surface area contributed by atoms with Crippen molar-refractivity contribution >= 4 is 68.8 Å². The van der Waals surface area contributed by atoms with Crippen LogP contribution in [0.1, 0.15) is 12.0 Å². The lowest BCUT2D eigenvalue weighted by Gasteiger charge is -2.14. The molecule has 0 unspecified atom stereocenters. The number of nitrogens with zero attached hydrogens (tertiary/aromatic N) is 1. The summed E-state index contributed by atoms with van der Waals surface area (Å²) in [5.41, 5.74) is 3.02. The maximum Gasteiger partial charge on any atom is 0.329 e. The largest absolute Gasteiger partial charge is 0.493 e. The van der Waals surface area contributed by atoms with Crippen LogP contribution in [-0.2, 0) is 19.1 Å². The third-order valence-corrected chi connectivity index (χ3v) is 5.63. The lowest BCUT2D eigenvalue weighted by atomic mass is 10.2. The van der Waals surface area contributed by atoms with Crippen LogP contribution >= 0.6 is 39.1 Å². The summed E-state index contributed by atoms with van der Waals surface area (Å²) in [5, 5.41) is 9.38. The molecule has 0 aliphatic heterocycles. The van der Waals surface area contributed by atoms with E-state index in [1.165, 1.54) is 13.3 Å². The summed E-state index contributed by atoms with van der Waals surface area (Å²) in [5.74, 6) is -1.60. The van der Waals surface area contributed by atoms with Crippen LogP contribution in [0.2, 0.25) is 10.0 Å². The minimum absolute atomic E-state index is 0.223. The second kappa shape index (κ2) is 14.5. The van der Waals surface area contributed by atoms with E-state index in [0.29, 0.717) is 46.1 Å². The van der Waals surface area contributed by atoms with Crippen molar-refractivity contribution in [2.24, 2.45) is 5.10 Å². The molecule has 0 fully saturated rings. The summed E-state index contributed by atoms with van der Waals surface area (Å²) in [6.45, 7) is 0.442. The molecule has 0 saturated heterocycles. The van der Waals surface area contributed by atoms with Crippen molar-refractivity contribution in [3.05, 3.63) is 50.4 Å². The summed E-state index contributed by atoms with van der Waals surface area (Å²) in [6, 6.07) is 8.08. The van der Waals surface area contributed by atoms with Gasteiger partial charge in [0.15, 0.2) is 18.1 Å². The Kier molecular flexibility index (Phi) is 11.8. The summed E-state index contributed by atoms with van der Waals surface area (Å²) < 4.78 is 16.3. The average Bonchev–Trinajstić information content (AvgIpc) is 2.83. The Hall–Kier alpha value is -2.86. The highest BCUT2D eigenvalue weighted by Crippen LogP contribution is 2.36. The second-order valence-corrected chi connectivity index (χ2v) is 8.41. The van der Waals surface area contributed by atoms with Crippen LogP contribution in [0.25, 0.3) is 0 Å². The Balaban J connectivity index is 1.96. The Labute approximate surface area is 220 Å². The molecule has 2 aromatic rings. The minimum atomic E-state index is -0.907. The fourth-order valence-corrected chi connectivity index (χ4v) is 3.52. The van der Waals surface area contributed by atoms with Crippen LogP contribution in [0.3, 0.4) is 0 Å². The van der Waals surface area contributed by atoms with Crippen molar-refractivity contribution in [3.63, 3.8) is 0 Å². The lowest BCUT2D eigenvalue weighted by Crippen LogP contribution is -2.38. The fourth-order valence-electron chi connectivity index (χ4n) is 2.59. The Morgan fingerprint density at radius 3 is 2.63 bits per heavy atom. The molecule has 3 N–H and O–H groups in total. The number of hydrogen-bond acceptors (Lipinski definition) is 7. The molecule has 0 spiro atoms. The molecule has 10 nitrogen and oxygen atoms in total. The molecule has 0 bridgehead atoms. The van der Waals surface area contributed by atoms with Gasteiger partial charge in [0.05, 0.1) is 33.5 Å². The number of hydrogen-bond donors (Lipinski definition) is 3. The van der Waals surface area contributed by atoms with Gasteiger partial charge in [-0.3, -0.25) is 14.4 Å². The number of hydrazone groups is 1. The number of carbonyl (C=O) groups is 3. The predicted octanol–water partition coefficient (Wildman–Crippen LogP) is 3.38. The maximum absolute atomic E-state index is 12.3. The number of carbonyl (C=O) groups excluding carboxylic acids is 3. The first-order valence-electron chi connectivity index (χ1n) is 10.1. The van der Waals surface area contributed by atoms with Crippen molar-refractivity contribution in [2.45, 2.75) is 6.42 Å². The molecule has 0 aromatic heterocycles. The van der Waals surface area contributed by atoms with E-state index >= 15 is 0 Å². The fraction of sp³-hybridized carbons (Fsp3) is 0.273. The number of amides is 3. The third kappa shape index (κ3) is 9.02. The van der Waals surface area contributed by atoms with Crippen molar-refractivity contribution in [2.75, 3.05) is 39.3 Å². The van der Waals surface area contributed by atoms with Crippen LogP contribution in [0.4, 0.5) is 5.69 Å². The van der Waals surface area contributed by atoms with E-state index in [-0.39, 0.29) is 17.4 Å². The van der Waals surface area contributed by atoms with Crippen LogP contribution in [-0.4, -0.2) is 57.9 Å². The number of rotatable bonds is 11. The molecule has 188 valence electrons. The van der Waals surface area contributed by atoms with Gasteiger partial charge in [0.1, 0.15) is 0 Å². The van der Waals surface area contributed by atoms with Gasteiger partial charge in [-0.1, -0.05) is 29.3 Å². The number of anilines is 1. The van der Waals surface area contributed by atoms with Gasteiger partial charge in [-0.25, -0.2) is 5.43 Å². The quantitative estimate of drug-likeness (QED) is 0.160. The molecule has 0 atom stereocenters. The number of benzene rings is 2. The van der Waals surface area contributed by atoms with Crippen LogP contribution < -0.4 is 25.5 Å². The molecule has 0 radical (unpaired) electrons. The SMILES string of the molecule is COCCCNC(=O)C(=O)N/N=C\c1cc(Br)c(OCC(=O)Nc2cccc(Cl)c2Cl)c(OC)c1. The summed E-state index contributed by atoms with van der Waals surface area (Å²) in [4.78, 5) is 35.8. The summed E-state index contributed by atoms with van der Waals surface area (Å²) in [7, 11) is 2.97. The monoisotopic (exact) mass is 588 g/mol. The highest BCUT2D eigenvalue weighted by atomic mass is 79.9. The standard InChI is InChI=1S/C22H23BrCl2N4O6/c1-33-8-4-7-26-21(31)22(32)29-27-11-13-9-14(23)20(17(10-13)34-2)35-12-18(30)28-16-6-3-5-15(24)19(16)25/h3,5-6,9-11H,4,7-8,12H2,1-2H3,(H,26,31)(H,28,30)(H,29,32)/b27-11-. The van der Waals surface area contributed by atoms with E-state index < -0.39 is 17.7 Å². The summed E-state index contributed by atoms with van der Waals surface area (Å²) >= 11 is 15.4. The first-order valence-corrected chi connectivity index (χ1v) is 11.7. The zero-order chi connectivity index (χ0) is 25.8. The second-order valence-electron chi connectivity index (χ2n) is 6.77. The zero-order valence-electron chi connectivity index (χ0n) is 18.8. The van der Waals surface area contributed by atoms with Gasteiger partial charge in [-0.05, 0) is 52.2 Å². The minimum Gasteiger partial charge on any atom is -0.493 e. The van der Waals surface area contributed by atoms with E-state index in [0.717, 1.165) is 0 Å². The molecule has 0 aliphatic carbocycles. The summed E-state index contributed by atoms with van der Waals surface area (Å²) in [6.07, 6.45) is 1.90. The highest BCUT2D eigenvalue weighted by molar-refractivity contribution is 9.10. The van der Waals surface area contributed by atoms with Crippen LogP contribution in [0.15, 0.2) is 39.9 Å². The van der Waals surface area contributed by atoms with Gasteiger partial charge in [0, 0.05) is 20.3 Å². The molecule has 0 heterocycles. The smallest absolute Gasteiger partial charge is 0.329 e. The van der Waals surface area contributed by atoms with Crippen molar-refractivity contribution in [1.82, 2.24) is 10.7 Å². The number of nitrogens with one attached hydrogen (secondary N) is 3. The average molecular weight is 590 g/mol. The topological polar surface area (TPSA) is 127 Å². The molecule has 35 heavy (non-hydrogen) atoms. The molecular weight excluding hydrogens is 567 g/mol. The van der Waals surface area contributed by atoms with Gasteiger partial charge in [-0.2, -0.15) is 5.10 Å². The molecule has 13 heteroatoms. The van der Waals surface area contributed by atoms with Crippen LogP contribution in [0.5, 0.6) is 11.5 Å². The third-order valence-electron chi connectivity index (χ3n) is 4.22. The number of methoxy groups -OCH3 is 2. The molecule has 2 aromatic carbocycles. The highest BCUT2D eigenvalue weighted by Gasteiger charge is 2.15. The van der Waals surface area contributed by atoms with Gasteiger partial charge in [0.25, 0.3) is 5.91 Å². The normalized spacial score (nSPS) is 10.7. The van der Waals surface area contributed by atoms with E-state index in [4.69, 9.17) is 37.4 Å². The van der Waals surface area contributed by atoms with E-state index in [9.17, 15) is 14.4 Å². The van der Waals surface area contributed by atoms with Crippen molar-refractivity contribution in [3.8, 4) is 11.5 Å². The molecule has 0 saturated carbocycles. The van der Waals surface area contributed by atoms with E-state index in [1.54, 1.807) is 37.4 Å². The number of halogens is 3. The van der Waals surface area contributed by atoms with Gasteiger partial charge < -0.3 is 24.8 Å². The zero-order valence-corrected chi connectivity index (χ0v) is 21.9. The van der Waals surface area contributed by atoms with E-state index in [1.807, 2.05) is 0 Å². The predicted molar refractivity (Wildman–Crippen MR) is 137 cm³/mol. The Morgan fingerprint density at radius 2 is 1.91 bits per heavy atom. The van der Waals surface area contributed by atoms with Gasteiger partial charge >= 0.3 is 11.8 Å².